The molecule has 0 aliphatic heterocycles. The van der Waals surface area contributed by atoms with E-state index in [1.54, 1.807) is 30.5 Å². The van der Waals surface area contributed by atoms with E-state index < -0.39 is 0 Å². The molecule has 7 nitrogen and oxygen atoms in total. The first-order valence-corrected chi connectivity index (χ1v) is 7.58. The number of nitrogens with zero attached hydrogens (tertiary/aromatic N) is 3. The van der Waals surface area contributed by atoms with Gasteiger partial charge in [0.1, 0.15) is 5.75 Å². The second-order valence-corrected chi connectivity index (χ2v) is 5.23. The zero-order chi connectivity index (χ0) is 17.1. The first-order chi connectivity index (χ1) is 12.3. The molecular formula is C18H13N5O2. The molecule has 0 radical (unpaired) electrons. The smallest absolute Gasteiger partial charge is 0.258 e. The van der Waals surface area contributed by atoms with Crippen molar-refractivity contribution >= 4 is 22.9 Å². The summed E-state index contributed by atoms with van der Waals surface area (Å²) in [4.78, 5) is 27.8. The molecule has 7 heteroatoms. The molecule has 0 aliphatic carbocycles. The fourth-order valence-electron chi connectivity index (χ4n) is 2.35. The van der Waals surface area contributed by atoms with Gasteiger partial charge in [0, 0.05) is 18.0 Å². The lowest BCUT2D eigenvalue weighted by Crippen LogP contribution is -2.12. The number of aromatic nitrogens is 4. The Labute approximate surface area is 142 Å². The summed E-state index contributed by atoms with van der Waals surface area (Å²) in [6.45, 7) is 0. The molecule has 0 atom stereocenters. The number of H-pyrrole nitrogens is 1. The maximum atomic E-state index is 12.4. The molecule has 0 spiro atoms. The summed E-state index contributed by atoms with van der Waals surface area (Å²) in [5.41, 5.74) is 2.09. The van der Waals surface area contributed by atoms with Gasteiger partial charge >= 0.3 is 0 Å². The van der Waals surface area contributed by atoms with E-state index in [-0.39, 0.29) is 5.91 Å². The number of anilines is 1. The Hall–Kier alpha value is -3.74. The van der Waals surface area contributed by atoms with E-state index in [1.807, 2.05) is 24.3 Å². The van der Waals surface area contributed by atoms with Gasteiger partial charge in [0.05, 0.1) is 17.2 Å². The number of hydrogen-bond donors (Lipinski definition) is 2. The summed E-state index contributed by atoms with van der Waals surface area (Å²) in [6.07, 6.45) is 4.60. The zero-order valence-electron chi connectivity index (χ0n) is 13.0. The number of amides is 1. The van der Waals surface area contributed by atoms with Crippen LogP contribution in [0.25, 0.3) is 11.0 Å². The highest BCUT2D eigenvalue weighted by Gasteiger charge is 2.10. The minimum atomic E-state index is -0.288. The van der Waals surface area contributed by atoms with Gasteiger partial charge in [-0.25, -0.2) is 9.97 Å². The Morgan fingerprint density at radius 3 is 2.84 bits per heavy atom. The average molecular weight is 331 g/mol. The van der Waals surface area contributed by atoms with Crippen LogP contribution in [0.5, 0.6) is 11.6 Å². The number of ether oxygens (including phenoxy) is 1. The predicted molar refractivity (Wildman–Crippen MR) is 92.6 cm³/mol. The fourth-order valence-corrected chi connectivity index (χ4v) is 2.35. The molecule has 0 aliphatic rings. The van der Waals surface area contributed by atoms with E-state index in [2.05, 4.69) is 25.3 Å². The molecule has 0 fully saturated rings. The molecule has 2 aromatic carbocycles. The van der Waals surface area contributed by atoms with Gasteiger partial charge in [-0.15, -0.1) is 0 Å². The number of para-hydroxylation sites is 2. The van der Waals surface area contributed by atoms with Crippen LogP contribution < -0.4 is 10.1 Å². The van der Waals surface area contributed by atoms with Crippen LogP contribution >= 0.6 is 0 Å². The summed E-state index contributed by atoms with van der Waals surface area (Å²) < 4.78 is 5.59. The Balaban J connectivity index is 1.52. The number of carbonyl (C=O) groups is 1. The SMILES string of the molecule is O=C(Nc1nc2ccccc2[nH]1)c1cccc(Oc2cnccn2)c1. The Kier molecular flexibility index (Phi) is 3.80. The second-order valence-electron chi connectivity index (χ2n) is 5.23. The highest BCUT2D eigenvalue weighted by atomic mass is 16.5. The van der Waals surface area contributed by atoms with Crippen LogP contribution in [0.2, 0.25) is 0 Å². The first-order valence-electron chi connectivity index (χ1n) is 7.58. The number of aromatic amines is 1. The maximum Gasteiger partial charge on any atom is 0.258 e. The average Bonchev–Trinajstić information content (AvgIpc) is 3.05. The van der Waals surface area contributed by atoms with Crippen molar-refractivity contribution in [1.29, 1.82) is 0 Å². The van der Waals surface area contributed by atoms with Crippen LogP contribution in [-0.4, -0.2) is 25.8 Å². The van der Waals surface area contributed by atoms with E-state index in [1.165, 1.54) is 12.4 Å². The molecule has 0 saturated heterocycles. The molecule has 4 rings (SSSR count). The third-order valence-electron chi connectivity index (χ3n) is 3.48. The van der Waals surface area contributed by atoms with Gasteiger partial charge in [0.2, 0.25) is 11.8 Å². The molecule has 0 unspecified atom stereocenters. The van der Waals surface area contributed by atoms with E-state index in [0.29, 0.717) is 23.1 Å². The molecule has 25 heavy (non-hydrogen) atoms. The maximum absolute atomic E-state index is 12.4. The highest BCUT2D eigenvalue weighted by molar-refractivity contribution is 6.04. The normalized spacial score (nSPS) is 10.6. The number of hydrogen-bond acceptors (Lipinski definition) is 5. The van der Waals surface area contributed by atoms with Crippen LogP contribution in [0.15, 0.2) is 67.1 Å². The van der Waals surface area contributed by atoms with Crippen LogP contribution in [-0.2, 0) is 0 Å². The zero-order valence-corrected chi connectivity index (χ0v) is 13.0. The molecule has 0 saturated carbocycles. The second kappa shape index (κ2) is 6.40. The number of fused-ring (bicyclic) bond motifs is 1. The van der Waals surface area contributed by atoms with Crippen molar-refractivity contribution in [3.8, 4) is 11.6 Å². The molecule has 2 aromatic heterocycles. The minimum absolute atomic E-state index is 0.288. The highest BCUT2D eigenvalue weighted by Crippen LogP contribution is 2.20. The first kappa shape index (κ1) is 14.8. The molecular weight excluding hydrogens is 318 g/mol. The topological polar surface area (TPSA) is 92.8 Å². The lowest BCUT2D eigenvalue weighted by molar-refractivity contribution is 0.102. The van der Waals surface area contributed by atoms with Crippen LogP contribution in [0, 0.1) is 0 Å². The summed E-state index contributed by atoms with van der Waals surface area (Å²) in [7, 11) is 0. The number of rotatable bonds is 4. The van der Waals surface area contributed by atoms with Gasteiger partial charge in [-0.1, -0.05) is 18.2 Å². The third-order valence-corrected chi connectivity index (χ3v) is 3.48. The molecule has 0 bridgehead atoms. The van der Waals surface area contributed by atoms with Gasteiger partial charge in [0.15, 0.2) is 0 Å². The molecule has 2 N–H and O–H groups in total. The largest absolute Gasteiger partial charge is 0.437 e. The number of benzene rings is 2. The van der Waals surface area contributed by atoms with Crippen molar-refractivity contribution in [2.75, 3.05) is 5.32 Å². The van der Waals surface area contributed by atoms with Gasteiger partial charge in [-0.05, 0) is 30.3 Å². The van der Waals surface area contributed by atoms with E-state index in [0.717, 1.165) is 11.0 Å². The number of imidazole rings is 1. The predicted octanol–water partition coefficient (Wildman–Crippen LogP) is 3.40. The van der Waals surface area contributed by atoms with Crippen molar-refractivity contribution in [2.24, 2.45) is 0 Å². The van der Waals surface area contributed by atoms with Gasteiger partial charge < -0.3 is 9.72 Å². The van der Waals surface area contributed by atoms with Crippen molar-refractivity contribution < 1.29 is 9.53 Å². The Morgan fingerprint density at radius 1 is 1.08 bits per heavy atom. The number of nitrogens with one attached hydrogen (secondary N) is 2. The third kappa shape index (κ3) is 3.30. The standard InChI is InChI=1S/C18H13N5O2/c24-17(23-18-21-14-6-1-2-7-15(14)22-18)12-4-3-5-13(10-12)25-16-11-19-8-9-20-16/h1-11H,(H2,21,22,23,24). The van der Waals surface area contributed by atoms with E-state index in [4.69, 9.17) is 4.74 Å². The minimum Gasteiger partial charge on any atom is -0.437 e. The van der Waals surface area contributed by atoms with E-state index >= 15 is 0 Å². The van der Waals surface area contributed by atoms with Crippen molar-refractivity contribution in [2.45, 2.75) is 0 Å². The Morgan fingerprint density at radius 2 is 2.00 bits per heavy atom. The molecule has 2 heterocycles. The summed E-state index contributed by atoms with van der Waals surface area (Å²) in [5, 5.41) is 2.75. The Bertz CT molecular complexity index is 997. The van der Waals surface area contributed by atoms with Crippen molar-refractivity contribution in [1.82, 2.24) is 19.9 Å². The molecule has 1 amide bonds. The fraction of sp³-hybridized carbons (Fsp3) is 0. The monoisotopic (exact) mass is 331 g/mol. The lowest BCUT2D eigenvalue weighted by Gasteiger charge is -2.06. The summed E-state index contributed by atoms with van der Waals surface area (Å²) in [5.74, 6) is 0.963. The van der Waals surface area contributed by atoms with Crippen molar-refractivity contribution in [3.63, 3.8) is 0 Å². The van der Waals surface area contributed by atoms with Gasteiger partial charge in [0.25, 0.3) is 5.91 Å². The quantitative estimate of drug-likeness (QED) is 0.598. The summed E-state index contributed by atoms with van der Waals surface area (Å²) in [6, 6.07) is 14.4. The summed E-state index contributed by atoms with van der Waals surface area (Å²) >= 11 is 0. The van der Waals surface area contributed by atoms with Crippen molar-refractivity contribution in [3.05, 3.63) is 72.7 Å². The number of carbonyl (C=O) groups excluding carboxylic acids is 1. The van der Waals surface area contributed by atoms with Gasteiger partial charge in [-0.3, -0.25) is 15.1 Å². The lowest BCUT2D eigenvalue weighted by atomic mass is 10.2. The molecule has 4 aromatic rings. The molecule has 122 valence electrons. The van der Waals surface area contributed by atoms with Crippen LogP contribution in [0.1, 0.15) is 10.4 Å². The van der Waals surface area contributed by atoms with Crippen LogP contribution in [0.3, 0.4) is 0 Å². The van der Waals surface area contributed by atoms with Gasteiger partial charge in [-0.2, -0.15) is 0 Å². The van der Waals surface area contributed by atoms with Crippen LogP contribution in [0.4, 0.5) is 5.95 Å². The van der Waals surface area contributed by atoms with E-state index in [9.17, 15) is 4.79 Å².